The van der Waals surface area contributed by atoms with Gasteiger partial charge in [0.2, 0.25) is 0 Å². The minimum atomic E-state index is -0.869. The van der Waals surface area contributed by atoms with Gasteiger partial charge in [-0.1, -0.05) is 48.0 Å². The summed E-state index contributed by atoms with van der Waals surface area (Å²) < 4.78 is 19.8. The van der Waals surface area contributed by atoms with E-state index in [0.717, 1.165) is 5.56 Å². The van der Waals surface area contributed by atoms with E-state index in [1.54, 1.807) is 13.0 Å². The van der Waals surface area contributed by atoms with E-state index >= 15 is 0 Å². The minimum Gasteiger partial charge on any atom is -0.463 e. The lowest BCUT2D eigenvalue weighted by Crippen LogP contribution is -2.45. The van der Waals surface area contributed by atoms with Crippen molar-refractivity contribution in [2.45, 2.75) is 13.0 Å². The van der Waals surface area contributed by atoms with E-state index in [1.165, 1.54) is 12.1 Å². The molecule has 134 valence electrons. The Balaban J connectivity index is 2.24. The maximum absolute atomic E-state index is 14.6. The number of rotatable bonds is 4. The normalized spacial score (nSPS) is 16.7. The van der Waals surface area contributed by atoms with E-state index in [4.69, 9.17) is 28.6 Å². The lowest BCUT2D eigenvalue weighted by Gasteiger charge is -2.31. The second-order valence-electron chi connectivity index (χ2n) is 5.54. The van der Waals surface area contributed by atoms with Gasteiger partial charge in [0, 0.05) is 10.6 Å². The van der Waals surface area contributed by atoms with E-state index < -0.39 is 17.8 Å². The molecule has 4 nitrogen and oxygen atoms in total. The lowest BCUT2D eigenvalue weighted by atomic mass is 9.92. The van der Waals surface area contributed by atoms with Crippen LogP contribution in [0.5, 0.6) is 0 Å². The van der Waals surface area contributed by atoms with Crippen LogP contribution < -0.4 is 10.6 Å². The highest BCUT2D eigenvalue weighted by atomic mass is 35.5. The summed E-state index contributed by atoms with van der Waals surface area (Å²) in [6, 6.07) is 12.7. The van der Waals surface area contributed by atoms with Crippen molar-refractivity contribution in [1.29, 1.82) is 0 Å². The third-order valence-electron chi connectivity index (χ3n) is 3.92. The number of hydrogen-bond acceptors (Lipinski definition) is 3. The number of ether oxygens (including phenoxy) is 1. The molecule has 0 aliphatic carbocycles. The van der Waals surface area contributed by atoms with Gasteiger partial charge in [-0.25, -0.2) is 9.18 Å². The maximum Gasteiger partial charge on any atom is 0.338 e. The molecule has 2 aromatic carbocycles. The molecule has 1 aliphatic rings. The minimum absolute atomic E-state index is 0.148. The average Bonchev–Trinajstić information content (AvgIpc) is 2.62. The molecule has 7 heteroatoms. The van der Waals surface area contributed by atoms with E-state index in [9.17, 15) is 9.18 Å². The molecule has 0 radical (unpaired) electrons. The van der Waals surface area contributed by atoms with Crippen molar-refractivity contribution in [3.05, 3.63) is 76.1 Å². The Morgan fingerprint density at radius 1 is 1.23 bits per heavy atom. The van der Waals surface area contributed by atoms with Gasteiger partial charge in [-0.3, -0.25) is 0 Å². The summed E-state index contributed by atoms with van der Waals surface area (Å²) >= 11 is 11.5. The standard InChI is InChI=1S/C19H16ClFN2O2S/c1-2-25-18(24)15-16(11-7-4-3-5-8-11)22-19(26)23-17(15)14-12(20)9-6-10-13(14)21/h3-10,17H,2H2,1H3,(H2,22,23,26)/t17-/m1/s1. The van der Waals surface area contributed by atoms with Crippen LogP contribution in [0, 0.1) is 5.82 Å². The molecule has 0 spiro atoms. The van der Waals surface area contributed by atoms with Gasteiger partial charge in [0.1, 0.15) is 5.82 Å². The zero-order chi connectivity index (χ0) is 18.7. The van der Waals surface area contributed by atoms with Gasteiger partial charge in [0.25, 0.3) is 0 Å². The Bertz CT molecular complexity index is 866. The first kappa shape index (κ1) is 18.4. The van der Waals surface area contributed by atoms with Crippen LogP contribution in [0.2, 0.25) is 5.02 Å². The fourth-order valence-corrected chi connectivity index (χ4v) is 3.32. The van der Waals surface area contributed by atoms with Crippen molar-refractivity contribution in [2.24, 2.45) is 0 Å². The summed E-state index contributed by atoms with van der Waals surface area (Å²) in [4.78, 5) is 12.7. The van der Waals surface area contributed by atoms with Crippen molar-refractivity contribution in [1.82, 2.24) is 10.6 Å². The molecule has 1 heterocycles. The SMILES string of the molecule is CCOC(=O)C1=C(c2ccccc2)NC(=S)N[C@@H]1c1c(F)cccc1Cl. The zero-order valence-corrected chi connectivity index (χ0v) is 15.5. The van der Waals surface area contributed by atoms with Crippen LogP contribution in [0.25, 0.3) is 5.70 Å². The second kappa shape index (κ2) is 7.85. The Morgan fingerprint density at radius 3 is 2.62 bits per heavy atom. The summed E-state index contributed by atoms with van der Waals surface area (Å²) in [5, 5.41) is 6.40. The quantitative estimate of drug-likeness (QED) is 0.611. The molecule has 0 amide bonds. The molecule has 3 rings (SSSR count). The van der Waals surface area contributed by atoms with Gasteiger partial charge < -0.3 is 15.4 Å². The van der Waals surface area contributed by atoms with Crippen molar-refractivity contribution in [2.75, 3.05) is 6.61 Å². The van der Waals surface area contributed by atoms with Gasteiger partial charge in [-0.15, -0.1) is 0 Å². The summed E-state index contributed by atoms with van der Waals surface area (Å²) in [5.41, 5.74) is 1.57. The number of thiocarbonyl (C=S) groups is 1. The molecule has 0 aromatic heterocycles. The van der Waals surface area contributed by atoms with Crippen LogP contribution in [-0.2, 0) is 9.53 Å². The monoisotopic (exact) mass is 390 g/mol. The molecule has 1 atom stereocenters. The molecule has 0 saturated carbocycles. The molecule has 1 aliphatic heterocycles. The number of nitrogens with one attached hydrogen (secondary N) is 2. The van der Waals surface area contributed by atoms with Crippen molar-refractivity contribution in [3.8, 4) is 0 Å². The molecule has 0 fully saturated rings. The van der Waals surface area contributed by atoms with Crippen LogP contribution in [0.3, 0.4) is 0 Å². The highest BCUT2D eigenvalue weighted by Gasteiger charge is 2.35. The number of benzene rings is 2. The molecule has 2 N–H and O–H groups in total. The van der Waals surface area contributed by atoms with Gasteiger partial charge in [0.15, 0.2) is 5.11 Å². The summed E-state index contributed by atoms with van der Waals surface area (Å²) in [6.07, 6.45) is 0. The van der Waals surface area contributed by atoms with Crippen LogP contribution in [0.15, 0.2) is 54.1 Å². The van der Waals surface area contributed by atoms with Crippen LogP contribution in [0.4, 0.5) is 4.39 Å². The number of esters is 1. The molecule has 0 unspecified atom stereocenters. The fourth-order valence-electron chi connectivity index (χ4n) is 2.83. The van der Waals surface area contributed by atoms with Gasteiger partial charge >= 0.3 is 5.97 Å². The van der Waals surface area contributed by atoms with Crippen LogP contribution in [-0.4, -0.2) is 17.7 Å². The first-order valence-electron chi connectivity index (χ1n) is 8.01. The maximum atomic E-state index is 14.6. The smallest absolute Gasteiger partial charge is 0.338 e. The van der Waals surface area contributed by atoms with Crippen LogP contribution >= 0.6 is 23.8 Å². The van der Waals surface area contributed by atoms with Gasteiger partial charge in [0.05, 0.1) is 23.9 Å². The van der Waals surface area contributed by atoms with Gasteiger partial charge in [-0.2, -0.15) is 0 Å². The predicted molar refractivity (Wildman–Crippen MR) is 103 cm³/mol. The Kier molecular flexibility index (Phi) is 5.54. The van der Waals surface area contributed by atoms with E-state index in [-0.39, 0.29) is 27.9 Å². The van der Waals surface area contributed by atoms with Crippen molar-refractivity contribution < 1.29 is 13.9 Å². The Morgan fingerprint density at radius 2 is 1.96 bits per heavy atom. The molecule has 2 aromatic rings. The van der Waals surface area contributed by atoms with E-state index in [0.29, 0.717) is 5.70 Å². The largest absolute Gasteiger partial charge is 0.463 e. The Hall–Kier alpha value is -2.44. The number of halogens is 2. The third kappa shape index (κ3) is 3.57. The molecule has 26 heavy (non-hydrogen) atoms. The van der Waals surface area contributed by atoms with Crippen LogP contribution in [0.1, 0.15) is 24.1 Å². The van der Waals surface area contributed by atoms with Crippen molar-refractivity contribution >= 4 is 40.6 Å². The van der Waals surface area contributed by atoms with Crippen molar-refractivity contribution in [3.63, 3.8) is 0 Å². The predicted octanol–water partition coefficient (Wildman–Crippen LogP) is 3.97. The lowest BCUT2D eigenvalue weighted by molar-refractivity contribution is -0.138. The molecule has 0 bridgehead atoms. The molecular weight excluding hydrogens is 375 g/mol. The highest BCUT2D eigenvalue weighted by molar-refractivity contribution is 7.80. The third-order valence-corrected chi connectivity index (χ3v) is 4.47. The molecule has 0 saturated heterocycles. The number of carbonyl (C=O) groups excluding carboxylic acids is 1. The van der Waals surface area contributed by atoms with E-state index in [1.807, 2.05) is 30.3 Å². The summed E-state index contributed by atoms with van der Waals surface area (Å²) in [5.74, 6) is -1.10. The average molecular weight is 391 g/mol. The van der Waals surface area contributed by atoms with Gasteiger partial charge in [-0.05, 0) is 36.8 Å². The first-order chi connectivity index (χ1) is 12.5. The highest BCUT2D eigenvalue weighted by Crippen LogP contribution is 2.36. The topological polar surface area (TPSA) is 50.4 Å². The zero-order valence-electron chi connectivity index (χ0n) is 13.9. The number of hydrogen-bond donors (Lipinski definition) is 2. The second-order valence-corrected chi connectivity index (χ2v) is 6.36. The summed E-state index contributed by atoms with van der Waals surface area (Å²) in [7, 11) is 0. The summed E-state index contributed by atoms with van der Waals surface area (Å²) in [6.45, 7) is 1.90. The molecular formula is C19H16ClFN2O2S. The number of carbonyl (C=O) groups is 1. The fraction of sp³-hybridized carbons (Fsp3) is 0.158. The first-order valence-corrected chi connectivity index (χ1v) is 8.79. The van der Waals surface area contributed by atoms with E-state index in [2.05, 4.69) is 10.6 Å². The Labute approximate surface area is 161 Å².